The van der Waals surface area contributed by atoms with Crippen LogP contribution in [-0.2, 0) is 0 Å². The van der Waals surface area contributed by atoms with Gasteiger partial charge in [0.15, 0.2) is 0 Å². The molecule has 1 heteroatoms. The third-order valence-corrected chi connectivity index (χ3v) is 5.22. The van der Waals surface area contributed by atoms with Crippen molar-refractivity contribution >= 4 is 5.71 Å². The summed E-state index contributed by atoms with van der Waals surface area (Å²) in [6.45, 7) is 8.87. The maximum atomic E-state index is 8.68. The molecule has 1 aliphatic carbocycles. The zero-order valence-electron chi connectivity index (χ0n) is 14.3. The summed E-state index contributed by atoms with van der Waals surface area (Å²) in [5.41, 5.74) is 9.46. The third kappa shape index (κ3) is 2.57. The molecule has 0 fully saturated rings. The number of hydrogen-bond donors (Lipinski definition) is 1. The molecule has 3 rings (SSSR count). The van der Waals surface area contributed by atoms with Crippen LogP contribution in [0.5, 0.6) is 0 Å². The van der Waals surface area contributed by atoms with Gasteiger partial charge in [0.05, 0.1) is 5.71 Å². The standard InChI is InChI=1S/C22H23N/c1-14-15(2)17(4)21(16(14)3)19-12-8-9-13-20(19)22(23)18-10-6-5-7-11-18/h5-13,21,23H,1-4H3. The number of nitrogens with one attached hydrogen (secondary N) is 1. The van der Waals surface area contributed by atoms with Crippen LogP contribution in [0.4, 0.5) is 0 Å². The van der Waals surface area contributed by atoms with Crippen molar-refractivity contribution in [3.8, 4) is 0 Å². The van der Waals surface area contributed by atoms with E-state index in [0.717, 1.165) is 11.1 Å². The van der Waals surface area contributed by atoms with Crippen molar-refractivity contribution in [2.24, 2.45) is 0 Å². The molecule has 1 N–H and O–H groups in total. The first kappa shape index (κ1) is 15.5. The van der Waals surface area contributed by atoms with Crippen LogP contribution in [0.3, 0.4) is 0 Å². The third-order valence-electron chi connectivity index (χ3n) is 5.22. The summed E-state index contributed by atoms with van der Waals surface area (Å²) in [5.74, 6) is 0.301. The maximum absolute atomic E-state index is 8.68. The lowest BCUT2D eigenvalue weighted by molar-refractivity contribution is 0.932. The number of rotatable bonds is 3. The van der Waals surface area contributed by atoms with E-state index in [-0.39, 0.29) is 0 Å². The fourth-order valence-electron chi connectivity index (χ4n) is 3.55. The molecule has 0 atom stereocenters. The Bertz CT molecular complexity index is 798. The molecule has 1 aliphatic rings. The number of allylic oxidation sites excluding steroid dienone is 4. The first-order chi connectivity index (χ1) is 11.0. The van der Waals surface area contributed by atoms with Gasteiger partial charge in [0.1, 0.15) is 0 Å². The molecule has 0 saturated carbocycles. The number of hydrogen-bond acceptors (Lipinski definition) is 1. The average molecular weight is 301 g/mol. The predicted octanol–water partition coefficient (Wildman–Crippen LogP) is 5.87. The van der Waals surface area contributed by atoms with Gasteiger partial charge in [-0.3, -0.25) is 5.41 Å². The summed E-state index contributed by atoms with van der Waals surface area (Å²) >= 11 is 0. The Labute approximate surface area is 138 Å². The van der Waals surface area contributed by atoms with E-state index in [4.69, 9.17) is 5.41 Å². The van der Waals surface area contributed by atoms with E-state index in [2.05, 4.69) is 45.9 Å². The molecule has 116 valence electrons. The molecule has 0 heterocycles. The van der Waals surface area contributed by atoms with Gasteiger partial charge >= 0.3 is 0 Å². The topological polar surface area (TPSA) is 23.9 Å². The van der Waals surface area contributed by atoms with E-state index < -0.39 is 0 Å². The van der Waals surface area contributed by atoms with Gasteiger partial charge < -0.3 is 0 Å². The van der Waals surface area contributed by atoms with Crippen LogP contribution in [0.25, 0.3) is 0 Å². The molecule has 0 unspecified atom stereocenters. The fourth-order valence-corrected chi connectivity index (χ4v) is 3.55. The first-order valence-corrected chi connectivity index (χ1v) is 8.10. The Hall–Kier alpha value is -2.41. The fraction of sp³-hybridized carbons (Fsp3) is 0.227. The van der Waals surface area contributed by atoms with Crippen molar-refractivity contribution in [1.29, 1.82) is 5.41 Å². The summed E-state index contributed by atoms with van der Waals surface area (Å²) in [6, 6.07) is 18.4. The Morgan fingerprint density at radius 2 is 1.26 bits per heavy atom. The lowest BCUT2D eigenvalue weighted by Gasteiger charge is -2.20. The summed E-state index contributed by atoms with van der Waals surface area (Å²) in [7, 11) is 0. The maximum Gasteiger partial charge on any atom is 0.0687 e. The van der Waals surface area contributed by atoms with E-state index in [9.17, 15) is 0 Å². The highest BCUT2D eigenvalue weighted by Crippen LogP contribution is 2.44. The summed E-state index contributed by atoms with van der Waals surface area (Å²) in [5, 5.41) is 8.68. The molecule has 23 heavy (non-hydrogen) atoms. The van der Waals surface area contributed by atoms with E-state index in [1.807, 2.05) is 36.4 Å². The van der Waals surface area contributed by atoms with Crippen molar-refractivity contribution in [2.75, 3.05) is 0 Å². The van der Waals surface area contributed by atoms with Gasteiger partial charge in [-0.25, -0.2) is 0 Å². The first-order valence-electron chi connectivity index (χ1n) is 8.10. The largest absolute Gasteiger partial charge is 0.300 e. The summed E-state index contributed by atoms with van der Waals surface area (Å²) in [6.07, 6.45) is 0. The van der Waals surface area contributed by atoms with E-state index in [0.29, 0.717) is 11.6 Å². The Morgan fingerprint density at radius 1 is 0.739 bits per heavy atom. The molecular formula is C22H23N. The van der Waals surface area contributed by atoms with Gasteiger partial charge in [-0.05, 0) is 44.4 Å². The van der Waals surface area contributed by atoms with Gasteiger partial charge in [-0.15, -0.1) is 0 Å². The summed E-state index contributed by atoms with van der Waals surface area (Å²) in [4.78, 5) is 0. The quantitative estimate of drug-likeness (QED) is 0.685. The second kappa shape index (κ2) is 6.00. The van der Waals surface area contributed by atoms with Crippen LogP contribution < -0.4 is 0 Å². The van der Waals surface area contributed by atoms with Gasteiger partial charge in [0.2, 0.25) is 0 Å². The molecule has 0 aliphatic heterocycles. The molecule has 0 bridgehead atoms. The second-order valence-electron chi connectivity index (χ2n) is 6.38. The smallest absolute Gasteiger partial charge is 0.0687 e. The lowest BCUT2D eigenvalue weighted by Crippen LogP contribution is -2.10. The van der Waals surface area contributed by atoms with Crippen LogP contribution in [0.15, 0.2) is 76.9 Å². The van der Waals surface area contributed by atoms with Crippen LogP contribution in [0.2, 0.25) is 0 Å². The molecule has 0 saturated heterocycles. The van der Waals surface area contributed by atoms with Crippen molar-refractivity contribution in [2.45, 2.75) is 33.6 Å². The van der Waals surface area contributed by atoms with Crippen molar-refractivity contribution in [3.63, 3.8) is 0 Å². The van der Waals surface area contributed by atoms with E-state index >= 15 is 0 Å². The molecule has 0 amide bonds. The molecule has 2 aromatic rings. The molecular weight excluding hydrogens is 278 g/mol. The normalized spacial score (nSPS) is 15.5. The predicted molar refractivity (Wildman–Crippen MR) is 98.3 cm³/mol. The number of benzene rings is 2. The van der Waals surface area contributed by atoms with Gasteiger partial charge in [-0.2, -0.15) is 0 Å². The van der Waals surface area contributed by atoms with Crippen molar-refractivity contribution in [1.82, 2.24) is 0 Å². The Morgan fingerprint density at radius 3 is 1.87 bits per heavy atom. The molecule has 0 spiro atoms. The van der Waals surface area contributed by atoms with Gasteiger partial charge in [0, 0.05) is 17.0 Å². The van der Waals surface area contributed by atoms with Gasteiger partial charge in [-0.1, -0.05) is 65.7 Å². The highest BCUT2D eigenvalue weighted by atomic mass is 14.4. The van der Waals surface area contributed by atoms with Crippen molar-refractivity contribution in [3.05, 3.63) is 93.6 Å². The SMILES string of the molecule is CC1=C(C)C(c2ccccc2C(=N)c2ccccc2)C(C)=C1C. The molecule has 1 nitrogen and oxygen atoms in total. The highest BCUT2D eigenvalue weighted by molar-refractivity contribution is 6.12. The van der Waals surface area contributed by atoms with Crippen LogP contribution >= 0.6 is 0 Å². The second-order valence-corrected chi connectivity index (χ2v) is 6.38. The highest BCUT2D eigenvalue weighted by Gasteiger charge is 2.28. The molecule has 0 aromatic heterocycles. The Kier molecular flexibility index (Phi) is 4.04. The van der Waals surface area contributed by atoms with Gasteiger partial charge in [0.25, 0.3) is 0 Å². The van der Waals surface area contributed by atoms with Crippen LogP contribution in [0.1, 0.15) is 50.3 Å². The zero-order chi connectivity index (χ0) is 16.6. The minimum absolute atomic E-state index is 0.301. The van der Waals surface area contributed by atoms with Crippen LogP contribution in [0, 0.1) is 5.41 Å². The van der Waals surface area contributed by atoms with Crippen molar-refractivity contribution < 1.29 is 0 Å². The Balaban J connectivity index is 2.12. The molecule has 2 aromatic carbocycles. The van der Waals surface area contributed by atoms with E-state index in [1.54, 1.807) is 0 Å². The zero-order valence-corrected chi connectivity index (χ0v) is 14.3. The van der Waals surface area contributed by atoms with Crippen LogP contribution in [-0.4, -0.2) is 5.71 Å². The van der Waals surface area contributed by atoms with E-state index in [1.165, 1.54) is 27.9 Å². The monoisotopic (exact) mass is 301 g/mol. The average Bonchev–Trinajstić information content (AvgIpc) is 2.78. The summed E-state index contributed by atoms with van der Waals surface area (Å²) < 4.78 is 0. The minimum atomic E-state index is 0.301. The lowest BCUT2D eigenvalue weighted by atomic mass is 9.83. The molecule has 0 radical (unpaired) electrons. The minimum Gasteiger partial charge on any atom is -0.300 e.